The third-order valence-electron chi connectivity index (χ3n) is 4.66. The van der Waals surface area contributed by atoms with Crippen molar-refractivity contribution in [3.8, 4) is 0 Å². The molecule has 0 spiro atoms. The summed E-state index contributed by atoms with van der Waals surface area (Å²) in [6, 6.07) is 4.69. The summed E-state index contributed by atoms with van der Waals surface area (Å²) < 4.78 is 24.9. The van der Waals surface area contributed by atoms with Gasteiger partial charge in [0.25, 0.3) is 0 Å². The molecule has 1 aliphatic rings. The Labute approximate surface area is 161 Å². The summed E-state index contributed by atoms with van der Waals surface area (Å²) in [5, 5.41) is 10.2. The van der Waals surface area contributed by atoms with Crippen molar-refractivity contribution in [3.05, 3.63) is 17.5 Å². The number of hydrogen-bond acceptors (Lipinski definition) is 5. The van der Waals surface area contributed by atoms with Crippen LogP contribution in [0.15, 0.2) is 22.5 Å². The SMILES string of the molecule is CCS(=O)(=O)N(C)CCCNC(=NC)NC1CCN(c2cccs2)CC1. The normalized spacial score (nSPS) is 16.9. The maximum absolute atomic E-state index is 11.7. The smallest absolute Gasteiger partial charge is 0.213 e. The van der Waals surface area contributed by atoms with Crippen LogP contribution >= 0.6 is 11.3 Å². The molecule has 0 aliphatic carbocycles. The fraction of sp³-hybridized carbons (Fsp3) is 0.706. The maximum Gasteiger partial charge on any atom is 0.213 e. The van der Waals surface area contributed by atoms with Gasteiger partial charge in [-0.2, -0.15) is 0 Å². The number of nitrogens with one attached hydrogen (secondary N) is 2. The minimum Gasteiger partial charge on any atom is -0.363 e. The standard InChI is InChI=1S/C17H31N5O2S2/c1-4-26(23,24)21(3)11-6-10-19-17(18-2)20-15-8-12-22(13-9-15)16-7-5-14-25-16/h5,7,14-15H,4,6,8-13H2,1-3H3,(H2,18,19,20). The van der Waals surface area contributed by atoms with E-state index in [9.17, 15) is 8.42 Å². The van der Waals surface area contributed by atoms with E-state index in [0.29, 0.717) is 19.1 Å². The predicted molar refractivity (Wildman–Crippen MR) is 111 cm³/mol. The molecular weight excluding hydrogens is 370 g/mol. The van der Waals surface area contributed by atoms with Gasteiger partial charge in [-0.3, -0.25) is 4.99 Å². The molecule has 7 nitrogen and oxygen atoms in total. The van der Waals surface area contributed by atoms with Crippen LogP contribution in [-0.4, -0.2) is 70.8 Å². The molecule has 0 saturated carbocycles. The Morgan fingerprint density at radius 3 is 2.73 bits per heavy atom. The summed E-state index contributed by atoms with van der Waals surface area (Å²) in [6.45, 7) is 4.97. The Morgan fingerprint density at radius 2 is 2.15 bits per heavy atom. The molecule has 1 fully saturated rings. The first kappa shape index (κ1) is 21.0. The summed E-state index contributed by atoms with van der Waals surface area (Å²) in [6.07, 6.45) is 2.90. The van der Waals surface area contributed by atoms with Crippen molar-refractivity contribution < 1.29 is 8.42 Å². The molecule has 1 aromatic heterocycles. The van der Waals surface area contributed by atoms with Crippen LogP contribution < -0.4 is 15.5 Å². The number of guanidine groups is 1. The number of piperidine rings is 1. The molecule has 1 aliphatic heterocycles. The molecule has 2 heterocycles. The Hall–Kier alpha value is -1.32. The van der Waals surface area contributed by atoms with Crippen molar-refractivity contribution >= 4 is 32.3 Å². The first-order valence-corrected chi connectivity index (χ1v) is 11.6. The van der Waals surface area contributed by atoms with E-state index >= 15 is 0 Å². The van der Waals surface area contributed by atoms with Gasteiger partial charge in [0.05, 0.1) is 10.8 Å². The average molecular weight is 402 g/mol. The van der Waals surface area contributed by atoms with E-state index in [0.717, 1.165) is 38.3 Å². The Bertz CT molecular complexity index is 653. The minimum atomic E-state index is -3.10. The van der Waals surface area contributed by atoms with Gasteiger partial charge >= 0.3 is 0 Å². The number of nitrogens with zero attached hydrogens (tertiary/aromatic N) is 3. The number of rotatable bonds is 8. The van der Waals surface area contributed by atoms with Gasteiger partial charge in [0, 0.05) is 46.3 Å². The summed E-state index contributed by atoms with van der Waals surface area (Å²) in [4.78, 5) is 6.72. The molecule has 0 unspecified atom stereocenters. The van der Waals surface area contributed by atoms with Crippen LogP contribution in [0.2, 0.25) is 0 Å². The van der Waals surface area contributed by atoms with Crippen molar-refractivity contribution in [2.75, 3.05) is 50.9 Å². The lowest BCUT2D eigenvalue weighted by Crippen LogP contribution is -2.49. The van der Waals surface area contributed by atoms with E-state index in [4.69, 9.17) is 0 Å². The molecule has 0 amide bonds. The van der Waals surface area contributed by atoms with Crippen molar-refractivity contribution in [2.24, 2.45) is 4.99 Å². The summed E-state index contributed by atoms with van der Waals surface area (Å²) in [5.74, 6) is 0.935. The molecule has 2 rings (SSSR count). The van der Waals surface area contributed by atoms with Gasteiger partial charge in [-0.1, -0.05) is 0 Å². The van der Waals surface area contributed by atoms with Gasteiger partial charge in [-0.15, -0.1) is 11.3 Å². The number of hydrogen-bond donors (Lipinski definition) is 2. The van der Waals surface area contributed by atoms with Crippen LogP contribution in [0.25, 0.3) is 0 Å². The summed E-state index contributed by atoms with van der Waals surface area (Å²) in [5.41, 5.74) is 0. The second kappa shape index (κ2) is 10.1. The van der Waals surface area contributed by atoms with Crippen LogP contribution in [0.4, 0.5) is 5.00 Å². The zero-order valence-electron chi connectivity index (χ0n) is 15.9. The summed E-state index contributed by atoms with van der Waals surface area (Å²) >= 11 is 1.79. The Morgan fingerprint density at radius 1 is 1.42 bits per heavy atom. The average Bonchev–Trinajstić information content (AvgIpc) is 3.19. The Balaban J connectivity index is 1.67. The van der Waals surface area contributed by atoms with E-state index in [-0.39, 0.29) is 5.75 Å². The zero-order chi connectivity index (χ0) is 19.0. The first-order chi connectivity index (χ1) is 12.5. The van der Waals surface area contributed by atoms with Crippen molar-refractivity contribution in [1.29, 1.82) is 0 Å². The van der Waals surface area contributed by atoms with Crippen molar-refractivity contribution in [1.82, 2.24) is 14.9 Å². The fourth-order valence-corrected chi connectivity index (χ4v) is 4.58. The van der Waals surface area contributed by atoms with Crippen LogP contribution in [-0.2, 0) is 10.0 Å². The van der Waals surface area contributed by atoms with Crippen molar-refractivity contribution in [2.45, 2.75) is 32.2 Å². The second-order valence-electron chi connectivity index (χ2n) is 6.43. The molecule has 148 valence electrons. The zero-order valence-corrected chi connectivity index (χ0v) is 17.6. The highest BCUT2D eigenvalue weighted by Gasteiger charge is 2.20. The van der Waals surface area contributed by atoms with Crippen LogP contribution in [0, 0.1) is 0 Å². The van der Waals surface area contributed by atoms with E-state index in [1.807, 2.05) is 0 Å². The highest BCUT2D eigenvalue weighted by Crippen LogP contribution is 2.24. The van der Waals surface area contributed by atoms with Gasteiger partial charge in [-0.25, -0.2) is 12.7 Å². The van der Waals surface area contributed by atoms with Crippen LogP contribution in [0.1, 0.15) is 26.2 Å². The van der Waals surface area contributed by atoms with Gasteiger partial charge in [0.1, 0.15) is 0 Å². The lowest BCUT2D eigenvalue weighted by molar-refractivity contribution is 0.453. The van der Waals surface area contributed by atoms with Crippen LogP contribution in [0.5, 0.6) is 0 Å². The van der Waals surface area contributed by atoms with Gasteiger partial charge < -0.3 is 15.5 Å². The lowest BCUT2D eigenvalue weighted by atomic mass is 10.1. The molecule has 0 atom stereocenters. The highest BCUT2D eigenvalue weighted by atomic mass is 32.2. The second-order valence-corrected chi connectivity index (χ2v) is 9.72. The summed E-state index contributed by atoms with van der Waals surface area (Å²) in [7, 11) is 0.305. The molecule has 0 bridgehead atoms. The first-order valence-electron chi connectivity index (χ1n) is 9.16. The molecule has 26 heavy (non-hydrogen) atoms. The quantitative estimate of drug-likeness (QED) is 0.393. The topological polar surface area (TPSA) is 77.0 Å². The van der Waals surface area contributed by atoms with E-state index in [1.54, 1.807) is 32.4 Å². The number of anilines is 1. The van der Waals surface area contributed by atoms with Crippen molar-refractivity contribution in [3.63, 3.8) is 0 Å². The molecule has 1 aromatic rings. The largest absolute Gasteiger partial charge is 0.363 e. The molecule has 9 heteroatoms. The molecular formula is C17H31N5O2S2. The maximum atomic E-state index is 11.7. The predicted octanol–water partition coefficient (Wildman–Crippen LogP) is 1.55. The van der Waals surface area contributed by atoms with Crippen LogP contribution in [0.3, 0.4) is 0 Å². The number of thiophene rings is 1. The van der Waals surface area contributed by atoms with E-state index < -0.39 is 10.0 Å². The van der Waals surface area contributed by atoms with Gasteiger partial charge in [-0.05, 0) is 43.7 Å². The Kier molecular flexibility index (Phi) is 8.17. The minimum absolute atomic E-state index is 0.143. The molecule has 1 saturated heterocycles. The highest BCUT2D eigenvalue weighted by molar-refractivity contribution is 7.89. The molecule has 0 aromatic carbocycles. The van der Waals surface area contributed by atoms with E-state index in [1.165, 1.54) is 9.31 Å². The number of sulfonamides is 1. The monoisotopic (exact) mass is 401 g/mol. The number of aliphatic imine (C=N–C) groups is 1. The third-order valence-corrected chi connectivity index (χ3v) is 7.45. The van der Waals surface area contributed by atoms with Gasteiger partial charge in [0.2, 0.25) is 10.0 Å². The molecule has 0 radical (unpaired) electrons. The fourth-order valence-electron chi connectivity index (χ4n) is 2.95. The molecule has 2 N–H and O–H groups in total. The third kappa shape index (κ3) is 6.14. The van der Waals surface area contributed by atoms with E-state index in [2.05, 4.69) is 38.0 Å². The lowest BCUT2D eigenvalue weighted by Gasteiger charge is -2.33. The van der Waals surface area contributed by atoms with Gasteiger partial charge in [0.15, 0.2) is 5.96 Å².